The Bertz CT molecular complexity index is 1030. The lowest BCUT2D eigenvalue weighted by Gasteiger charge is -2.40. The van der Waals surface area contributed by atoms with Gasteiger partial charge in [0.25, 0.3) is 5.91 Å². The van der Waals surface area contributed by atoms with Gasteiger partial charge in [-0.1, -0.05) is 6.07 Å². The van der Waals surface area contributed by atoms with E-state index in [4.69, 9.17) is 4.74 Å². The van der Waals surface area contributed by atoms with Crippen LogP contribution in [0, 0.1) is 6.92 Å². The van der Waals surface area contributed by atoms with E-state index in [1.165, 1.54) is 14.7 Å². The molecule has 4 rings (SSSR count). The van der Waals surface area contributed by atoms with Gasteiger partial charge in [-0.05, 0) is 42.8 Å². The number of rotatable bonds is 5. The largest absolute Gasteiger partial charge is 0.381 e. The third kappa shape index (κ3) is 4.57. The summed E-state index contributed by atoms with van der Waals surface area (Å²) in [6.45, 7) is 3.05. The minimum atomic E-state index is -3.94. The van der Waals surface area contributed by atoms with Crippen molar-refractivity contribution in [1.82, 2.24) is 14.8 Å². The van der Waals surface area contributed by atoms with Gasteiger partial charge in [-0.25, -0.2) is 18.2 Å². The highest BCUT2D eigenvalue weighted by Gasteiger charge is 2.54. The Labute approximate surface area is 198 Å². The Hall–Kier alpha value is -1.56. The van der Waals surface area contributed by atoms with Crippen LogP contribution in [-0.4, -0.2) is 59.9 Å². The molecule has 0 atom stereocenters. The maximum absolute atomic E-state index is 13.4. The zero-order chi connectivity index (χ0) is 22.1. The number of nitrogens with zero attached hydrogens (tertiary/aromatic N) is 2. The maximum atomic E-state index is 13.4. The lowest BCUT2D eigenvalue weighted by molar-refractivity contribution is -0.134. The van der Waals surface area contributed by atoms with Crippen molar-refractivity contribution in [3.8, 4) is 10.4 Å². The van der Waals surface area contributed by atoms with Gasteiger partial charge in [0.15, 0.2) is 4.75 Å². The molecular formula is C21H28ClN3O5S2. The molecule has 0 bridgehead atoms. The highest BCUT2D eigenvalue weighted by atomic mass is 35.5. The zero-order valence-corrected chi connectivity index (χ0v) is 20.3. The molecule has 0 radical (unpaired) electrons. The van der Waals surface area contributed by atoms with E-state index >= 15 is 0 Å². The number of ether oxygens (including phenoxy) is 1. The van der Waals surface area contributed by atoms with Gasteiger partial charge in [-0.15, -0.1) is 23.7 Å². The molecule has 2 fully saturated rings. The molecule has 2 aromatic heterocycles. The molecule has 11 heteroatoms. The molecule has 0 aromatic carbocycles. The maximum Gasteiger partial charge on any atom is 0.266 e. The minimum absolute atomic E-state index is 0. The normalized spacial score (nSPS) is 19.8. The van der Waals surface area contributed by atoms with Crippen LogP contribution >= 0.6 is 23.7 Å². The van der Waals surface area contributed by atoms with Crippen molar-refractivity contribution in [3.05, 3.63) is 41.0 Å². The summed E-state index contributed by atoms with van der Waals surface area (Å²) in [6, 6.07) is 6.23. The number of thiophene rings is 1. The van der Waals surface area contributed by atoms with Crippen LogP contribution in [0.5, 0.6) is 0 Å². The molecule has 8 nitrogen and oxygen atoms in total. The third-order valence-corrected chi connectivity index (χ3v) is 10.0. The van der Waals surface area contributed by atoms with E-state index in [-0.39, 0.29) is 44.4 Å². The molecule has 0 spiro atoms. The summed E-state index contributed by atoms with van der Waals surface area (Å²) in [6.07, 6.45) is 3.22. The molecule has 0 saturated carbocycles. The van der Waals surface area contributed by atoms with Crippen molar-refractivity contribution in [2.75, 3.05) is 26.3 Å². The lowest BCUT2D eigenvalue weighted by atomic mass is 9.94. The number of aromatic nitrogens is 1. The van der Waals surface area contributed by atoms with Crippen LogP contribution in [0.25, 0.3) is 10.4 Å². The van der Waals surface area contributed by atoms with Crippen molar-refractivity contribution in [2.24, 2.45) is 0 Å². The fourth-order valence-electron chi connectivity index (χ4n) is 4.42. The highest BCUT2D eigenvalue weighted by molar-refractivity contribution is 7.91. The summed E-state index contributed by atoms with van der Waals surface area (Å²) < 4.78 is 31.8. The number of carbonyl (C=O) groups is 1. The second-order valence-electron chi connectivity index (χ2n) is 8.19. The average Bonchev–Trinajstić information content (AvgIpc) is 3.25. The van der Waals surface area contributed by atoms with Gasteiger partial charge in [0.1, 0.15) is 0 Å². The van der Waals surface area contributed by atoms with E-state index in [2.05, 4.69) is 29.4 Å². The number of carbonyl (C=O) groups excluding carboxylic acids is 1. The van der Waals surface area contributed by atoms with Crippen LogP contribution < -0.4 is 5.48 Å². The monoisotopic (exact) mass is 501 g/mol. The Kier molecular flexibility index (Phi) is 7.95. The molecule has 2 aliphatic heterocycles. The minimum Gasteiger partial charge on any atom is -0.381 e. The number of aryl methyl sites for hydroxylation is 1. The van der Waals surface area contributed by atoms with Gasteiger partial charge >= 0.3 is 0 Å². The van der Waals surface area contributed by atoms with E-state index in [1.54, 1.807) is 16.8 Å². The van der Waals surface area contributed by atoms with E-state index < -0.39 is 20.7 Å². The molecule has 2 N–H and O–H groups in total. The predicted molar refractivity (Wildman–Crippen MR) is 125 cm³/mol. The van der Waals surface area contributed by atoms with Crippen LogP contribution in [0.3, 0.4) is 0 Å². The van der Waals surface area contributed by atoms with E-state index in [0.29, 0.717) is 25.9 Å². The number of sulfonamides is 1. The number of pyridine rings is 1. The first-order valence-corrected chi connectivity index (χ1v) is 12.7. The van der Waals surface area contributed by atoms with Crippen LogP contribution in [-0.2, 0) is 19.6 Å². The summed E-state index contributed by atoms with van der Waals surface area (Å²) >= 11 is 1.69. The highest BCUT2D eigenvalue weighted by Crippen LogP contribution is 2.37. The van der Waals surface area contributed by atoms with Gasteiger partial charge in [0.2, 0.25) is 10.0 Å². The molecular weight excluding hydrogens is 474 g/mol. The van der Waals surface area contributed by atoms with Crippen LogP contribution in [0.2, 0.25) is 0 Å². The Morgan fingerprint density at radius 3 is 2.50 bits per heavy atom. The topological polar surface area (TPSA) is 109 Å². The van der Waals surface area contributed by atoms with Crippen LogP contribution in [0.4, 0.5) is 0 Å². The van der Waals surface area contributed by atoms with Crippen LogP contribution in [0.15, 0.2) is 29.8 Å². The van der Waals surface area contributed by atoms with Crippen molar-refractivity contribution in [1.29, 1.82) is 0 Å². The van der Waals surface area contributed by atoms with Gasteiger partial charge in [0.05, 0.1) is 0 Å². The summed E-state index contributed by atoms with van der Waals surface area (Å²) in [7, 11) is -3.94. The first-order valence-electron chi connectivity index (χ1n) is 10.4. The molecule has 0 aliphatic carbocycles. The summed E-state index contributed by atoms with van der Waals surface area (Å²) in [5, 5.41) is 11.3. The second kappa shape index (κ2) is 10.1. The van der Waals surface area contributed by atoms with Crippen molar-refractivity contribution in [3.63, 3.8) is 0 Å². The third-order valence-electron chi connectivity index (χ3n) is 6.32. The van der Waals surface area contributed by atoms with E-state index in [9.17, 15) is 18.4 Å². The smallest absolute Gasteiger partial charge is 0.266 e. The second-order valence-corrected chi connectivity index (χ2v) is 11.3. The molecule has 32 heavy (non-hydrogen) atoms. The first kappa shape index (κ1) is 25.1. The molecule has 0 unspecified atom stereocenters. The van der Waals surface area contributed by atoms with Crippen molar-refractivity contribution in [2.45, 2.75) is 43.3 Å². The number of piperidine rings is 1. The Morgan fingerprint density at radius 2 is 1.97 bits per heavy atom. The summed E-state index contributed by atoms with van der Waals surface area (Å²) in [5.74, 6) is -0.707. The van der Waals surface area contributed by atoms with Gasteiger partial charge in [-0.3, -0.25) is 15.0 Å². The predicted octanol–water partition coefficient (Wildman–Crippen LogP) is 3.10. The molecule has 2 aromatic rings. The molecule has 4 heterocycles. The molecule has 1 amide bonds. The standard InChI is InChI=1S/C21H27N3O5S2.ClH/c1-15-12-19(30-14-15)17-2-3-18(22-13-17)16-4-8-24(9-5-16)31(27,28)21(20(25)23-26)6-10-29-11-7-21;/h2-3,12-14,16,26H,4-11H2,1H3,(H,23,25);1H. The fourth-order valence-corrected chi connectivity index (χ4v) is 7.46. The summed E-state index contributed by atoms with van der Waals surface area (Å²) in [5.41, 5.74) is 4.84. The average molecular weight is 502 g/mol. The Balaban J connectivity index is 0.00000289. The molecule has 176 valence electrons. The van der Waals surface area contributed by atoms with Crippen LogP contribution in [0.1, 0.15) is 42.9 Å². The Morgan fingerprint density at radius 1 is 1.28 bits per heavy atom. The number of amides is 1. The van der Waals surface area contributed by atoms with Gasteiger partial charge in [0, 0.05) is 67.4 Å². The molecule has 2 aliphatic rings. The SMILES string of the molecule is Cc1csc(-c2ccc(C3CCN(S(=O)(=O)C4(C(=O)NO)CCOCC4)CC3)nc2)c1.Cl. The number of halogens is 1. The zero-order valence-electron chi connectivity index (χ0n) is 17.8. The molecule has 2 saturated heterocycles. The van der Waals surface area contributed by atoms with E-state index in [1.807, 2.05) is 12.3 Å². The fraction of sp³-hybridized carbons (Fsp3) is 0.524. The number of hydrogen-bond acceptors (Lipinski definition) is 7. The van der Waals surface area contributed by atoms with Gasteiger partial charge in [-0.2, -0.15) is 0 Å². The quantitative estimate of drug-likeness (QED) is 0.481. The lowest BCUT2D eigenvalue weighted by Crippen LogP contribution is -2.60. The number of nitrogens with one attached hydrogen (secondary N) is 1. The summed E-state index contributed by atoms with van der Waals surface area (Å²) in [4.78, 5) is 18.2. The number of hydroxylamine groups is 1. The van der Waals surface area contributed by atoms with E-state index in [0.717, 1.165) is 11.3 Å². The first-order chi connectivity index (χ1) is 14.9. The van der Waals surface area contributed by atoms with Crippen molar-refractivity contribution < 1.29 is 23.2 Å². The van der Waals surface area contributed by atoms with Gasteiger partial charge < -0.3 is 4.74 Å². The van der Waals surface area contributed by atoms with Crippen molar-refractivity contribution >= 4 is 39.7 Å². The number of hydrogen-bond donors (Lipinski definition) is 2.